The number of carbonyl (C=O) groups is 1. The molecule has 4 nitrogen and oxygen atoms in total. The zero-order valence-electron chi connectivity index (χ0n) is 12.6. The van der Waals surface area contributed by atoms with Crippen molar-refractivity contribution in [3.05, 3.63) is 28.8 Å². The summed E-state index contributed by atoms with van der Waals surface area (Å²) in [6, 6.07) is 6.33. The third kappa shape index (κ3) is 5.47. The maximum Gasteiger partial charge on any atom is 0.238 e. The van der Waals surface area contributed by atoms with Crippen LogP contribution in [0.3, 0.4) is 0 Å². The molecule has 0 bridgehead atoms. The number of aryl methyl sites for hydroxylation is 1. The van der Waals surface area contributed by atoms with Crippen molar-refractivity contribution in [1.29, 1.82) is 0 Å². The standard InChI is InChI=1S/C15H22ClN3O.ClH/c1-10-6-13(16)4-5-14(10)18-15(20)9-19-7-11(2)17-12(3)8-19;/h4-6,11-12,17H,7-9H2,1-3H3,(H,18,20);1H. The summed E-state index contributed by atoms with van der Waals surface area (Å²) in [6.07, 6.45) is 0. The molecule has 21 heavy (non-hydrogen) atoms. The van der Waals surface area contributed by atoms with Gasteiger partial charge in [-0.2, -0.15) is 0 Å². The number of anilines is 1. The first-order valence-electron chi connectivity index (χ1n) is 6.98. The third-order valence-corrected chi connectivity index (χ3v) is 3.70. The quantitative estimate of drug-likeness (QED) is 0.895. The fourth-order valence-electron chi connectivity index (χ4n) is 2.73. The fraction of sp³-hybridized carbons (Fsp3) is 0.533. The van der Waals surface area contributed by atoms with Crippen LogP contribution >= 0.6 is 24.0 Å². The lowest BCUT2D eigenvalue weighted by atomic mass is 10.1. The Morgan fingerprint density at radius 2 is 2.00 bits per heavy atom. The van der Waals surface area contributed by atoms with Crippen molar-refractivity contribution in [2.75, 3.05) is 25.0 Å². The Morgan fingerprint density at radius 3 is 2.57 bits per heavy atom. The molecule has 0 aliphatic carbocycles. The lowest BCUT2D eigenvalue weighted by Gasteiger charge is -2.35. The van der Waals surface area contributed by atoms with Crippen LogP contribution < -0.4 is 10.6 Å². The van der Waals surface area contributed by atoms with Crippen LogP contribution in [-0.4, -0.2) is 42.5 Å². The predicted molar refractivity (Wildman–Crippen MR) is 90.6 cm³/mol. The minimum absolute atomic E-state index is 0. The molecule has 0 aromatic heterocycles. The average Bonchev–Trinajstić information content (AvgIpc) is 2.31. The molecule has 0 spiro atoms. The Balaban J connectivity index is 0.00000220. The number of halogens is 2. The lowest BCUT2D eigenvalue weighted by Crippen LogP contribution is -2.55. The van der Waals surface area contributed by atoms with Gasteiger partial charge in [-0.1, -0.05) is 11.6 Å². The van der Waals surface area contributed by atoms with Gasteiger partial charge >= 0.3 is 0 Å². The monoisotopic (exact) mass is 331 g/mol. The first-order valence-corrected chi connectivity index (χ1v) is 7.36. The largest absolute Gasteiger partial charge is 0.325 e. The number of nitrogens with zero attached hydrogens (tertiary/aromatic N) is 1. The van der Waals surface area contributed by atoms with E-state index in [0.717, 1.165) is 24.3 Å². The van der Waals surface area contributed by atoms with Crippen LogP contribution in [0.25, 0.3) is 0 Å². The van der Waals surface area contributed by atoms with Gasteiger partial charge in [0, 0.05) is 35.9 Å². The van der Waals surface area contributed by atoms with Gasteiger partial charge in [0.25, 0.3) is 0 Å². The number of amides is 1. The molecule has 0 saturated carbocycles. The molecule has 1 aromatic carbocycles. The van der Waals surface area contributed by atoms with E-state index in [-0.39, 0.29) is 18.3 Å². The molecule has 2 rings (SSSR count). The van der Waals surface area contributed by atoms with E-state index in [1.165, 1.54) is 0 Å². The second-order valence-electron chi connectivity index (χ2n) is 5.67. The molecule has 6 heteroatoms. The van der Waals surface area contributed by atoms with Crippen LogP contribution in [0.1, 0.15) is 19.4 Å². The van der Waals surface area contributed by atoms with Crippen LogP contribution in [0.4, 0.5) is 5.69 Å². The normalized spacial score (nSPS) is 22.5. The molecule has 1 amide bonds. The van der Waals surface area contributed by atoms with E-state index in [0.29, 0.717) is 23.7 Å². The second kappa shape index (κ2) is 7.99. The molecule has 1 fully saturated rings. The minimum atomic E-state index is 0. The maximum absolute atomic E-state index is 12.1. The van der Waals surface area contributed by atoms with E-state index >= 15 is 0 Å². The average molecular weight is 332 g/mol. The maximum atomic E-state index is 12.1. The summed E-state index contributed by atoms with van der Waals surface area (Å²) < 4.78 is 0. The smallest absolute Gasteiger partial charge is 0.238 e. The number of hydrogen-bond acceptors (Lipinski definition) is 3. The second-order valence-corrected chi connectivity index (χ2v) is 6.11. The summed E-state index contributed by atoms with van der Waals surface area (Å²) in [6.45, 7) is 8.46. The van der Waals surface area contributed by atoms with E-state index < -0.39 is 0 Å². The first-order chi connectivity index (χ1) is 9.44. The number of carbonyl (C=O) groups excluding carboxylic acids is 1. The summed E-state index contributed by atoms with van der Waals surface area (Å²) in [4.78, 5) is 14.3. The van der Waals surface area contributed by atoms with Crippen LogP contribution in [0.15, 0.2) is 18.2 Å². The number of benzene rings is 1. The van der Waals surface area contributed by atoms with Gasteiger partial charge in [-0.25, -0.2) is 0 Å². The molecular weight excluding hydrogens is 309 g/mol. The van der Waals surface area contributed by atoms with Gasteiger partial charge in [-0.15, -0.1) is 12.4 Å². The number of piperazine rings is 1. The summed E-state index contributed by atoms with van der Waals surface area (Å²) in [5.41, 5.74) is 1.81. The van der Waals surface area contributed by atoms with Gasteiger partial charge in [0.05, 0.1) is 6.54 Å². The molecule has 1 heterocycles. The summed E-state index contributed by atoms with van der Waals surface area (Å²) in [7, 11) is 0. The van der Waals surface area contributed by atoms with E-state index in [1.54, 1.807) is 6.07 Å². The fourth-order valence-corrected chi connectivity index (χ4v) is 2.96. The summed E-state index contributed by atoms with van der Waals surface area (Å²) >= 11 is 5.91. The number of rotatable bonds is 3. The van der Waals surface area contributed by atoms with Crippen molar-refractivity contribution in [2.45, 2.75) is 32.9 Å². The van der Waals surface area contributed by atoms with Crippen LogP contribution in [0.5, 0.6) is 0 Å². The van der Waals surface area contributed by atoms with Crippen molar-refractivity contribution < 1.29 is 4.79 Å². The van der Waals surface area contributed by atoms with Crippen molar-refractivity contribution in [1.82, 2.24) is 10.2 Å². The van der Waals surface area contributed by atoms with Crippen molar-refractivity contribution in [3.63, 3.8) is 0 Å². The van der Waals surface area contributed by atoms with Gasteiger partial charge < -0.3 is 10.6 Å². The van der Waals surface area contributed by atoms with Crippen molar-refractivity contribution in [3.8, 4) is 0 Å². The Hall–Kier alpha value is -0.810. The van der Waals surface area contributed by atoms with Gasteiger partial charge in [0.2, 0.25) is 5.91 Å². The molecule has 2 N–H and O–H groups in total. The SMILES string of the molecule is Cc1cc(Cl)ccc1NC(=O)CN1CC(C)NC(C)C1.Cl. The topological polar surface area (TPSA) is 44.4 Å². The number of hydrogen-bond donors (Lipinski definition) is 2. The Bertz CT molecular complexity index is 486. The highest BCUT2D eigenvalue weighted by molar-refractivity contribution is 6.30. The van der Waals surface area contributed by atoms with E-state index in [1.807, 2.05) is 19.1 Å². The molecule has 1 aliphatic heterocycles. The number of nitrogens with one attached hydrogen (secondary N) is 2. The first kappa shape index (κ1) is 18.2. The van der Waals surface area contributed by atoms with Gasteiger partial charge in [0.15, 0.2) is 0 Å². The van der Waals surface area contributed by atoms with Crippen LogP contribution in [0.2, 0.25) is 5.02 Å². The highest BCUT2D eigenvalue weighted by Gasteiger charge is 2.22. The van der Waals surface area contributed by atoms with E-state index in [2.05, 4.69) is 29.4 Å². The predicted octanol–water partition coefficient (Wildman–Crippen LogP) is 2.69. The molecule has 2 atom stereocenters. The summed E-state index contributed by atoms with van der Waals surface area (Å²) in [5, 5.41) is 7.10. The minimum Gasteiger partial charge on any atom is -0.325 e. The molecule has 0 radical (unpaired) electrons. The molecule has 2 unspecified atom stereocenters. The summed E-state index contributed by atoms with van der Waals surface area (Å²) in [5.74, 6) is 0.0247. The highest BCUT2D eigenvalue weighted by atomic mass is 35.5. The van der Waals surface area contributed by atoms with Gasteiger partial charge in [0.1, 0.15) is 0 Å². The zero-order chi connectivity index (χ0) is 14.7. The molecule has 1 saturated heterocycles. The van der Waals surface area contributed by atoms with Gasteiger partial charge in [-0.3, -0.25) is 9.69 Å². The molecule has 1 aliphatic rings. The highest BCUT2D eigenvalue weighted by Crippen LogP contribution is 2.19. The third-order valence-electron chi connectivity index (χ3n) is 3.46. The van der Waals surface area contributed by atoms with E-state index in [4.69, 9.17) is 11.6 Å². The van der Waals surface area contributed by atoms with Crippen molar-refractivity contribution in [2.24, 2.45) is 0 Å². The Labute approximate surface area is 137 Å². The Kier molecular flexibility index (Phi) is 6.94. The van der Waals surface area contributed by atoms with Gasteiger partial charge in [-0.05, 0) is 44.5 Å². The van der Waals surface area contributed by atoms with Crippen LogP contribution in [0, 0.1) is 6.92 Å². The molecular formula is C15H23Cl2N3O. The van der Waals surface area contributed by atoms with Crippen molar-refractivity contribution >= 4 is 35.6 Å². The Morgan fingerprint density at radius 1 is 1.38 bits per heavy atom. The van der Waals surface area contributed by atoms with E-state index in [9.17, 15) is 4.79 Å². The van der Waals surface area contributed by atoms with Crippen LogP contribution in [-0.2, 0) is 4.79 Å². The zero-order valence-corrected chi connectivity index (χ0v) is 14.2. The molecule has 118 valence electrons. The lowest BCUT2D eigenvalue weighted by molar-refractivity contribution is -0.117. The molecule has 1 aromatic rings.